The van der Waals surface area contributed by atoms with Crippen molar-refractivity contribution in [3.05, 3.63) is 29.7 Å². The van der Waals surface area contributed by atoms with Gasteiger partial charge in [0.15, 0.2) is 23.2 Å². The Morgan fingerprint density at radius 3 is 2.68 bits per heavy atom. The Bertz CT molecular complexity index is 1090. The fraction of sp³-hybridized carbons (Fsp3) is 0.571. The molecule has 1 saturated carbocycles. The van der Waals surface area contributed by atoms with Crippen LogP contribution in [0.2, 0.25) is 0 Å². The van der Waals surface area contributed by atoms with Gasteiger partial charge in [-0.2, -0.15) is 0 Å². The highest BCUT2D eigenvalue weighted by molar-refractivity contribution is 5.91. The number of aliphatic hydroxyl groups is 2. The number of aliphatic hydroxyl groups excluding tert-OH is 2. The highest BCUT2D eigenvalue weighted by Gasteiger charge is 2.44. The lowest BCUT2D eigenvalue weighted by molar-refractivity contribution is -0.0368. The summed E-state index contributed by atoms with van der Waals surface area (Å²) in [6, 6.07) is 0. The number of nitrogens with zero attached hydrogens (tertiary/aromatic N) is 6. The van der Waals surface area contributed by atoms with Gasteiger partial charge in [-0.25, -0.2) is 19.9 Å². The van der Waals surface area contributed by atoms with Crippen LogP contribution < -0.4 is 0 Å². The van der Waals surface area contributed by atoms with E-state index in [-0.39, 0.29) is 0 Å². The van der Waals surface area contributed by atoms with Crippen LogP contribution in [-0.2, 0) is 11.2 Å². The lowest BCUT2D eigenvalue weighted by Crippen LogP contribution is -2.31. The number of aryl methyl sites for hydroxylation is 2. The quantitative estimate of drug-likeness (QED) is 0.635. The SMILES string of the molecule is Cc1noc(C)c1CC[C@H]1O[C@@H](n2cnc3c(N=C4CCCC4)ncnc32)[C@H](O)[C@@H]1O. The van der Waals surface area contributed by atoms with E-state index in [1.54, 1.807) is 10.9 Å². The maximum absolute atomic E-state index is 10.7. The van der Waals surface area contributed by atoms with Gasteiger partial charge < -0.3 is 19.5 Å². The second-order valence-corrected chi connectivity index (χ2v) is 8.29. The number of hydrogen-bond donors (Lipinski definition) is 2. The third kappa shape index (κ3) is 3.64. The molecule has 3 aromatic rings. The molecule has 2 fully saturated rings. The van der Waals surface area contributed by atoms with Gasteiger partial charge in [-0.05, 0) is 52.4 Å². The molecule has 164 valence electrons. The van der Waals surface area contributed by atoms with Crippen molar-refractivity contribution < 1.29 is 19.5 Å². The van der Waals surface area contributed by atoms with Crippen LogP contribution in [-0.4, -0.2) is 58.9 Å². The molecule has 1 aliphatic carbocycles. The monoisotopic (exact) mass is 426 g/mol. The van der Waals surface area contributed by atoms with Crippen LogP contribution >= 0.6 is 0 Å². The largest absolute Gasteiger partial charge is 0.388 e. The Hall–Kier alpha value is -2.69. The van der Waals surface area contributed by atoms with Crippen molar-refractivity contribution in [3.63, 3.8) is 0 Å². The molecule has 3 aromatic heterocycles. The van der Waals surface area contributed by atoms with Gasteiger partial charge in [0.1, 0.15) is 24.3 Å². The maximum atomic E-state index is 10.7. The van der Waals surface area contributed by atoms with Gasteiger partial charge in [-0.3, -0.25) is 4.57 Å². The molecular formula is C21H26N6O4. The summed E-state index contributed by atoms with van der Waals surface area (Å²) in [6.45, 7) is 3.75. The van der Waals surface area contributed by atoms with Crippen LogP contribution in [0.15, 0.2) is 22.2 Å². The molecule has 1 saturated heterocycles. The van der Waals surface area contributed by atoms with Crippen LogP contribution in [0.4, 0.5) is 5.82 Å². The number of fused-ring (bicyclic) bond motifs is 1. The smallest absolute Gasteiger partial charge is 0.183 e. The molecule has 1 aliphatic heterocycles. The van der Waals surface area contributed by atoms with E-state index in [1.165, 1.54) is 6.33 Å². The first-order chi connectivity index (χ1) is 15.0. The number of ether oxygens (including phenoxy) is 1. The van der Waals surface area contributed by atoms with Gasteiger partial charge in [-0.15, -0.1) is 0 Å². The average molecular weight is 426 g/mol. The summed E-state index contributed by atoms with van der Waals surface area (Å²) < 4.78 is 12.9. The molecule has 2 N–H and O–H groups in total. The molecule has 0 bridgehead atoms. The Kier molecular flexibility index (Phi) is 5.28. The molecular weight excluding hydrogens is 400 g/mol. The van der Waals surface area contributed by atoms with Gasteiger partial charge in [-0.1, -0.05) is 5.16 Å². The fourth-order valence-electron chi connectivity index (χ4n) is 4.50. The van der Waals surface area contributed by atoms with E-state index >= 15 is 0 Å². The first kappa shape index (κ1) is 20.2. The van der Waals surface area contributed by atoms with Crippen molar-refractivity contribution in [2.75, 3.05) is 0 Å². The van der Waals surface area contributed by atoms with Gasteiger partial charge in [0.25, 0.3) is 0 Å². The number of rotatable bonds is 5. The first-order valence-electron chi connectivity index (χ1n) is 10.7. The third-order valence-electron chi connectivity index (χ3n) is 6.26. The zero-order valence-electron chi connectivity index (χ0n) is 17.6. The Labute approximate surface area is 179 Å². The predicted molar refractivity (Wildman–Crippen MR) is 111 cm³/mol. The highest BCUT2D eigenvalue weighted by Crippen LogP contribution is 2.35. The average Bonchev–Trinajstić information content (AvgIpc) is 3.53. The van der Waals surface area contributed by atoms with E-state index in [4.69, 9.17) is 9.26 Å². The second kappa shape index (κ2) is 8.10. The fourth-order valence-corrected chi connectivity index (χ4v) is 4.50. The van der Waals surface area contributed by atoms with E-state index in [9.17, 15) is 10.2 Å². The number of aliphatic imine (C=N–C) groups is 1. The van der Waals surface area contributed by atoms with Crippen molar-refractivity contribution in [1.82, 2.24) is 24.7 Å². The minimum atomic E-state index is -1.10. The lowest BCUT2D eigenvalue weighted by Gasteiger charge is -2.16. The second-order valence-electron chi connectivity index (χ2n) is 8.29. The zero-order chi connectivity index (χ0) is 21.5. The standard InChI is InChI=1S/C21H26N6O4/c1-11-14(12(2)31-26-11)7-8-15-17(28)18(29)21(30-15)27-10-24-16-19(22-9-23-20(16)27)25-13-5-3-4-6-13/h9-10,15,17-18,21,28-29H,3-8H2,1-2H3/t15-,17-,18-,21-/m1/s1. The van der Waals surface area contributed by atoms with Gasteiger partial charge in [0.05, 0.1) is 18.1 Å². The third-order valence-corrected chi connectivity index (χ3v) is 6.26. The normalized spacial score (nSPS) is 26.3. The predicted octanol–water partition coefficient (Wildman–Crippen LogP) is 2.33. The van der Waals surface area contributed by atoms with Gasteiger partial charge in [0.2, 0.25) is 0 Å². The highest BCUT2D eigenvalue weighted by atomic mass is 16.6. The van der Waals surface area contributed by atoms with E-state index in [0.717, 1.165) is 48.4 Å². The lowest BCUT2D eigenvalue weighted by atomic mass is 10.0. The summed E-state index contributed by atoms with van der Waals surface area (Å²) in [7, 11) is 0. The Morgan fingerprint density at radius 1 is 1.13 bits per heavy atom. The van der Waals surface area contributed by atoms with Crippen molar-refractivity contribution in [3.8, 4) is 0 Å². The Balaban J connectivity index is 1.38. The van der Waals surface area contributed by atoms with Crippen molar-refractivity contribution in [1.29, 1.82) is 0 Å². The summed E-state index contributed by atoms with van der Waals surface area (Å²) >= 11 is 0. The van der Waals surface area contributed by atoms with E-state index in [1.807, 2.05) is 13.8 Å². The molecule has 0 amide bonds. The van der Waals surface area contributed by atoms with Crippen LogP contribution in [0.25, 0.3) is 11.2 Å². The zero-order valence-corrected chi connectivity index (χ0v) is 17.6. The molecule has 4 atom stereocenters. The van der Waals surface area contributed by atoms with Gasteiger partial charge in [0, 0.05) is 11.3 Å². The summed E-state index contributed by atoms with van der Waals surface area (Å²) in [6.07, 6.45) is 4.97. The molecule has 0 aromatic carbocycles. The number of imidazole rings is 1. The van der Waals surface area contributed by atoms with Crippen LogP contribution in [0.1, 0.15) is 55.3 Å². The molecule has 10 heteroatoms. The molecule has 10 nitrogen and oxygen atoms in total. The van der Waals surface area contributed by atoms with Crippen LogP contribution in [0.5, 0.6) is 0 Å². The molecule has 0 unspecified atom stereocenters. The topological polar surface area (TPSA) is 132 Å². The maximum Gasteiger partial charge on any atom is 0.183 e. The Morgan fingerprint density at radius 2 is 1.94 bits per heavy atom. The molecule has 5 rings (SSSR count). The van der Waals surface area contributed by atoms with Crippen LogP contribution in [0, 0.1) is 13.8 Å². The van der Waals surface area contributed by atoms with Crippen LogP contribution in [0.3, 0.4) is 0 Å². The minimum Gasteiger partial charge on any atom is -0.388 e. The summed E-state index contributed by atoms with van der Waals surface area (Å²) in [5.74, 6) is 1.29. The first-order valence-corrected chi connectivity index (χ1v) is 10.7. The minimum absolute atomic E-state index is 0.523. The molecule has 31 heavy (non-hydrogen) atoms. The van der Waals surface area contributed by atoms with Crippen molar-refractivity contribution >= 4 is 22.7 Å². The summed E-state index contributed by atoms with van der Waals surface area (Å²) in [4.78, 5) is 17.7. The van der Waals surface area contributed by atoms with Crippen molar-refractivity contribution in [2.45, 2.75) is 76.9 Å². The molecule has 2 aliphatic rings. The molecule has 0 spiro atoms. The molecule has 4 heterocycles. The number of aromatic nitrogens is 5. The van der Waals surface area contributed by atoms with Crippen molar-refractivity contribution in [2.24, 2.45) is 4.99 Å². The van der Waals surface area contributed by atoms with Gasteiger partial charge >= 0.3 is 0 Å². The van der Waals surface area contributed by atoms with E-state index < -0.39 is 24.5 Å². The van der Waals surface area contributed by atoms with E-state index in [0.29, 0.717) is 29.8 Å². The number of hydrogen-bond acceptors (Lipinski definition) is 9. The molecule has 0 radical (unpaired) electrons. The summed E-state index contributed by atoms with van der Waals surface area (Å²) in [5.41, 5.74) is 4.05. The summed E-state index contributed by atoms with van der Waals surface area (Å²) in [5, 5.41) is 25.3. The van der Waals surface area contributed by atoms with E-state index in [2.05, 4.69) is 25.1 Å².